The number of carbonyl (C=O) groups is 1. The van der Waals surface area contributed by atoms with Gasteiger partial charge in [-0.05, 0) is 18.6 Å². The first-order valence-electron chi connectivity index (χ1n) is 5.44. The molecule has 1 heterocycles. The predicted octanol–water partition coefficient (Wildman–Crippen LogP) is 2.05. The molecule has 0 unspecified atom stereocenters. The number of hydrogen-bond donors (Lipinski definition) is 1. The van der Waals surface area contributed by atoms with Crippen molar-refractivity contribution in [3.63, 3.8) is 0 Å². The van der Waals surface area contributed by atoms with Crippen molar-refractivity contribution in [1.29, 1.82) is 0 Å². The standard InChI is InChI=1S/C11H10Cl2FNO3S/c12-8-4-9(13)10(14)3-7(8)11(16)15-6-1-2-19(17,18)5-6/h3-4,6H,1-2,5H2,(H,15,16)/t6-/m1/s1. The van der Waals surface area contributed by atoms with Crippen molar-refractivity contribution in [2.75, 3.05) is 11.5 Å². The van der Waals surface area contributed by atoms with Crippen molar-refractivity contribution in [2.45, 2.75) is 12.5 Å². The maximum absolute atomic E-state index is 13.3. The summed E-state index contributed by atoms with van der Waals surface area (Å²) in [6.07, 6.45) is 0.349. The van der Waals surface area contributed by atoms with Crippen molar-refractivity contribution in [2.24, 2.45) is 0 Å². The van der Waals surface area contributed by atoms with Crippen molar-refractivity contribution < 1.29 is 17.6 Å². The normalized spacial score (nSPS) is 21.3. The topological polar surface area (TPSA) is 63.2 Å². The van der Waals surface area contributed by atoms with E-state index < -0.39 is 27.6 Å². The van der Waals surface area contributed by atoms with Crippen LogP contribution in [0.2, 0.25) is 10.0 Å². The fourth-order valence-electron chi connectivity index (χ4n) is 1.87. The lowest BCUT2D eigenvalue weighted by Gasteiger charge is -2.12. The molecule has 0 spiro atoms. The van der Waals surface area contributed by atoms with Crippen LogP contribution in [-0.4, -0.2) is 31.9 Å². The summed E-state index contributed by atoms with van der Waals surface area (Å²) in [7, 11) is -3.09. The zero-order chi connectivity index (χ0) is 14.2. The molecule has 0 aliphatic carbocycles. The van der Waals surface area contributed by atoms with E-state index in [-0.39, 0.29) is 27.1 Å². The summed E-state index contributed by atoms with van der Waals surface area (Å²) < 4.78 is 35.8. The second-order valence-corrected chi connectivity index (χ2v) is 7.36. The predicted molar refractivity (Wildman–Crippen MR) is 70.9 cm³/mol. The quantitative estimate of drug-likeness (QED) is 0.846. The molecule has 1 fully saturated rings. The van der Waals surface area contributed by atoms with Gasteiger partial charge in [-0.1, -0.05) is 23.2 Å². The van der Waals surface area contributed by atoms with Crippen LogP contribution < -0.4 is 5.32 Å². The Morgan fingerprint density at radius 2 is 2.00 bits per heavy atom. The Hall–Kier alpha value is -0.850. The van der Waals surface area contributed by atoms with Gasteiger partial charge in [-0.2, -0.15) is 0 Å². The van der Waals surface area contributed by atoms with E-state index in [4.69, 9.17) is 23.2 Å². The van der Waals surface area contributed by atoms with Crippen LogP contribution in [0.1, 0.15) is 16.8 Å². The van der Waals surface area contributed by atoms with E-state index in [9.17, 15) is 17.6 Å². The first-order valence-corrected chi connectivity index (χ1v) is 8.02. The van der Waals surface area contributed by atoms with E-state index in [0.717, 1.165) is 12.1 Å². The maximum Gasteiger partial charge on any atom is 0.253 e. The molecule has 104 valence electrons. The molecule has 8 heteroatoms. The van der Waals surface area contributed by atoms with E-state index in [0.29, 0.717) is 6.42 Å². The van der Waals surface area contributed by atoms with Crippen LogP contribution in [0.15, 0.2) is 12.1 Å². The highest BCUT2D eigenvalue weighted by Gasteiger charge is 2.29. The molecule has 0 aromatic heterocycles. The Labute approximate surface area is 119 Å². The minimum absolute atomic E-state index is 0.0183. The molecule has 1 aromatic carbocycles. The highest BCUT2D eigenvalue weighted by molar-refractivity contribution is 7.91. The van der Waals surface area contributed by atoms with E-state index in [1.807, 2.05) is 0 Å². The average molecular weight is 326 g/mol. The van der Waals surface area contributed by atoms with E-state index >= 15 is 0 Å². The van der Waals surface area contributed by atoms with Crippen molar-refractivity contribution >= 4 is 38.9 Å². The largest absolute Gasteiger partial charge is 0.348 e. The van der Waals surface area contributed by atoms with E-state index in [2.05, 4.69) is 5.32 Å². The maximum atomic E-state index is 13.3. The summed E-state index contributed by atoms with van der Waals surface area (Å²) in [5.41, 5.74) is -0.0622. The number of halogens is 3. The Morgan fingerprint density at radius 1 is 1.32 bits per heavy atom. The Kier molecular flexibility index (Phi) is 4.03. The first-order chi connectivity index (χ1) is 8.78. The van der Waals surface area contributed by atoms with Gasteiger partial charge in [-0.15, -0.1) is 0 Å². The van der Waals surface area contributed by atoms with Crippen LogP contribution in [0.25, 0.3) is 0 Å². The summed E-state index contributed by atoms with van der Waals surface area (Å²) in [4.78, 5) is 11.9. The molecule has 0 bridgehead atoms. The van der Waals surface area contributed by atoms with Gasteiger partial charge in [0.1, 0.15) is 5.82 Å². The molecular weight excluding hydrogens is 316 g/mol. The van der Waals surface area contributed by atoms with Crippen LogP contribution in [0.3, 0.4) is 0 Å². The average Bonchev–Trinajstić information content (AvgIpc) is 2.63. The third-order valence-corrected chi connectivity index (χ3v) is 5.19. The van der Waals surface area contributed by atoms with Gasteiger partial charge >= 0.3 is 0 Å². The molecule has 1 atom stereocenters. The highest BCUT2D eigenvalue weighted by atomic mass is 35.5. The van der Waals surface area contributed by atoms with Crippen LogP contribution in [0, 0.1) is 5.82 Å². The van der Waals surface area contributed by atoms with Crippen molar-refractivity contribution in [1.82, 2.24) is 5.32 Å². The van der Waals surface area contributed by atoms with Gasteiger partial charge in [0, 0.05) is 6.04 Å². The fraction of sp³-hybridized carbons (Fsp3) is 0.364. The van der Waals surface area contributed by atoms with Gasteiger partial charge in [-0.3, -0.25) is 4.79 Å². The molecule has 1 amide bonds. The fourth-order valence-corrected chi connectivity index (χ4v) is 4.01. The molecule has 1 saturated heterocycles. The molecular formula is C11H10Cl2FNO3S. The summed E-state index contributed by atoms with van der Waals surface area (Å²) in [6, 6.07) is 1.61. The van der Waals surface area contributed by atoms with Gasteiger partial charge < -0.3 is 5.32 Å². The van der Waals surface area contributed by atoms with Gasteiger partial charge in [0.15, 0.2) is 9.84 Å². The van der Waals surface area contributed by atoms with Gasteiger partial charge in [0.05, 0.1) is 27.1 Å². The van der Waals surface area contributed by atoms with Gasteiger partial charge in [-0.25, -0.2) is 12.8 Å². The number of hydrogen-bond acceptors (Lipinski definition) is 3. The molecule has 4 nitrogen and oxygen atoms in total. The molecule has 2 rings (SSSR count). The number of carbonyl (C=O) groups excluding carboxylic acids is 1. The lowest BCUT2D eigenvalue weighted by molar-refractivity contribution is 0.0941. The summed E-state index contributed by atoms with van der Waals surface area (Å²) >= 11 is 11.3. The lowest BCUT2D eigenvalue weighted by atomic mass is 10.2. The lowest BCUT2D eigenvalue weighted by Crippen LogP contribution is -2.35. The molecule has 1 N–H and O–H groups in total. The summed E-state index contributed by atoms with van der Waals surface area (Å²) in [6.45, 7) is 0. The highest BCUT2D eigenvalue weighted by Crippen LogP contribution is 2.24. The number of amides is 1. The number of benzene rings is 1. The molecule has 19 heavy (non-hydrogen) atoms. The number of rotatable bonds is 2. The Morgan fingerprint density at radius 3 is 2.58 bits per heavy atom. The zero-order valence-electron chi connectivity index (χ0n) is 9.62. The summed E-state index contributed by atoms with van der Waals surface area (Å²) in [5.74, 6) is -1.43. The molecule has 0 radical (unpaired) electrons. The van der Waals surface area contributed by atoms with Crippen LogP contribution in [0.5, 0.6) is 0 Å². The molecule has 1 aliphatic rings. The van der Waals surface area contributed by atoms with Crippen LogP contribution >= 0.6 is 23.2 Å². The molecule has 0 saturated carbocycles. The summed E-state index contributed by atoms with van der Waals surface area (Å²) in [5, 5.41) is 2.37. The second-order valence-electron chi connectivity index (χ2n) is 4.32. The third kappa shape index (κ3) is 3.38. The van der Waals surface area contributed by atoms with Crippen LogP contribution in [0.4, 0.5) is 4.39 Å². The Balaban J connectivity index is 2.15. The molecule has 1 aromatic rings. The van der Waals surface area contributed by atoms with E-state index in [1.165, 1.54) is 0 Å². The van der Waals surface area contributed by atoms with Crippen LogP contribution in [-0.2, 0) is 9.84 Å². The first kappa shape index (κ1) is 14.6. The third-order valence-electron chi connectivity index (χ3n) is 2.82. The molecule has 1 aliphatic heterocycles. The SMILES string of the molecule is O=C(N[C@@H]1CCS(=O)(=O)C1)c1cc(F)c(Cl)cc1Cl. The zero-order valence-corrected chi connectivity index (χ0v) is 11.9. The minimum Gasteiger partial charge on any atom is -0.348 e. The van der Waals surface area contributed by atoms with Gasteiger partial charge in [0.2, 0.25) is 0 Å². The Bertz CT molecular complexity index is 633. The number of sulfone groups is 1. The monoisotopic (exact) mass is 325 g/mol. The minimum atomic E-state index is -3.09. The second kappa shape index (κ2) is 5.26. The van der Waals surface area contributed by atoms with Gasteiger partial charge in [0.25, 0.3) is 5.91 Å². The van der Waals surface area contributed by atoms with Crippen molar-refractivity contribution in [3.8, 4) is 0 Å². The number of nitrogens with one attached hydrogen (secondary N) is 1. The smallest absolute Gasteiger partial charge is 0.253 e. The van der Waals surface area contributed by atoms with E-state index in [1.54, 1.807) is 0 Å². The van der Waals surface area contributed by atoms with Crippen molar-refractivity contribution in [3.05, 3.63) is 33.6 Å².